The van der Waals surface area contributed by atoms with Crippen molar-refractivity contribution in [2.75, 3.05) is 0 Å². The summed E-state index contributed by atoms with van der Waals surface area (Å²) in [5.41, 5.74) is 0.619. The Kier molecular flexibility index (Phi) is 4.38. The third-order valence-electron chi connectivity index (χ3n) is 3.53. The minimum absolute atomic E-state index is 0.0568. The average Bonchev–Trinajstić information content (AvgIpc) is 3.04. The molecule has 0 aliphatic heterocycles. The topological polar surface area (TPSA) is 57.9 Å². The van der Waals surface area contributed by atoms with Crippen LogP contribution in [0.5, 0.6) is 17.4 Å². The molecule has 130 valence electrons. The van der Waals surface area contributed by atoms with Gasteiger partial charge in [-0.3, -0.25) is 0 Å². The highest BCUT2D eigenvalue weighted by atomic mass is 31.2. The number of hydrogen-bond acceptors (Lipinski definition) is 5. The summed E-state index contributed by atoms with van der Waals surface area (Å²) < 4.78 is 35.5. The maximum Gasteiger partial charge on any atom is 0.649 e. The van der Waals surface area contributed by atoms with E-state index in [-0.39, 0.29) is 5.95 Å². The van der Waals surface area contributed by atoms with Gasteiger partial charge in [0.15, 0.2) is 0 Å². The Morgan fingerprint density at radius 1 is 0.654 bits per heavy atom. The molecule has 0 N–H and O–H groups in total. The number of para-hydroxylation sites is 3. The van der Waals surface area contributed by atoms with E-state index in [4.69, 9.17) is 18.0 Å². The summed E-state index contributed by atoms with van der Waals surface area (Å²) in [6.07, 6.45) is 0. The molecule has 0 atom stereocenters. The fourth-order valence-corrected chi connectivity index (χ4v) is 3.57. The predicted molar refractivity (Wildman–Crippen MR) is 98.6 cm³/mol. The van der Waals surface area contributed by atoms with Gasteiger partial charge in [-0.15, -0.1) is 0 Å². The molecule has 0 fully saturated rings. The summed E-state index contributed by atoms with van der Waals surface area (Å²) >= 11 is 0. The van der Waals surface area contributed by atoms with E-state index in [1.165, 1.54) is 0 Å². The van der Waals surface area contributed by atoms with Crippen LogP contribution in [0.4, 0.5) is 0 Å². The van der Waals surface area contributed by atoms with Gasteiger partial charge in [-0.25, -0.2) is 0 Å². The maximum absolute atomic E-state index is 13.3. The van der Waals surface area contributed by atoms with E-state index in [0.717, 1.165) is 5.39 Å². The zero-order chi connectivity index (χ0) is 17.8. The number of phosphoric acid groups is 1. The van der Waals surface area contributed by atoms with Crippen LogP contribution in [0.3, 0.4) is 0 Å². The molecule has 26 heavy (non-hydrogen) atoms. The first-order valence-electron chi connectivity index (χ1n) is 7.98. The summed E-state index contributed by atoms with van der Waals surface area (Å²) in [5.74, 6) is 0.784. The minimum atomic E-state index is -4.03. The summed E-state index contributed by atoms with van der Waals surface area (Å²) in [5, 5.41) is 0.827. The van der Waals surface area contributed by atoms with Crippen LogP contribution >= 0.6 is 7.82 Å². The van der Waals surface area contributed by atoms with Crippen molar-refractivity contribution in [1.29, 1.82) is 0 Å². The standard InChI is InChI=1S/C20H15O5P/c21-26(23-17-10-3-1-4-11-17,24-18-12-5-2-6-13-18)25-20-15-16-9-7-8-14-19(16)22-20/h1-15H. The van der Waals surface area contributed by atoms with Crippen molar-refractivity contribution in [2.24, 2.45) is 0 Å². The quantitative estimate of drug-likeness (QED) is 0.387. The second-order valence-electron chi connectivity index (χ2n) is 5.45. The fourth-order valence-electron chi connectivity index (χ4n) is 2.39. The smallest absolute Gasteiger partial charge is 0.425 e. The molecule has 1 heterocycles. The van der Waals surface area contributed by atoms with Crippen LogP contribution in [0.1, 0.15) is 0 Å². The molecule has 6 heteroatoms. The molecule has 1 aromatic heterocycles. The zero-order valence-electron chi connectivity index (χ0n) is 13.6. The maximum atomic E-state index is 13.3. The van der Waals surface area contributed by atoms with Gasteiger partial charge < -0.3 is 18.0 Å². The molecular weight excluding hydrogens is 351 g/mol. The van der Waals surface area contributed by atoms with Crippen LogP contribution in [0.25, 0.3) is 11.0 Å². The van der Waals surface area contributed by atoms with E-state index in [9.17, 15) is 4.57 Å². The highest BCUT2D eigenvalue weighted by Gasteiger charge is 2.34. The van der Waals surface area contributed by atoms with Gasteiger partial charge in [-0.05, 0) is 30.3 Å². The Labute approximate surface area is 150 Å². The van der Waals surface area contributed by atoms with Gasteiger partial charge >= 0.3 is 7.82 Å². The molecule has 0 radical (unpaired) electrons. The first-order valence-corrected chi connectivity index (χ1v) is 9.44. The molecule has 4 aromatic rings. The average molecular weight is 366 g/mol. The number of hydrogen-bond donors (Lipinski definition) is 0. The molecular formula is C20H15O5P. The third kappa shape index (κ3) is 3.73. The first-order chi connectivity index (χ1) is 12.7. The highest BCUT2D eigenvalue weighted by molar-refractivity contribution is 7.49. The van der Waals surface area contributed by atoms with E-state index in [0.29, 0.717) is 17.1 Å². The first kappa shape index (κ1) is 16.3. The summed E-state index contributed by atoms with van der Waals surface area (Å²) in [7, 11) is -4.03. The van der Waals surface area contributed by atoms with Gasteiger partial charge in [0.2, 0.25) is 0 Å². The minimum Gasteiger partial charge on any atom is -0.425 e. The molecule has 0 aliphatic carbocycles. The van der Waals surface area contributed by atoms with Crippen LogP contribution in [-0.4, -0.2) is 0 Å². The number of benzene rings is 3. The normalized spacial score (nSPS) is 11.2. The zero-order valence-corrected chi connectivity index (χ0v) is 14.5. The number of phosphoric ester groups is 1. The van der Waals surface area contributed by atoms with E-state index >= 15 is 0 Å². The second kappa shape index (κ2) is 6.98. The van der Waals surface area contributed by atoms with Crippen molar-refractivity contribution in [3.05, 3.63) is 91.0 Å². The molecule has 0 spiro atoms. The largest absolute Gasteiger partial charge is 0.649 e. The highest BCUT2D eigenvalue weighted by Crippen LogP contribution is 2.50. The lowest BCUT2D eigenvalue weighted by Crippen LogP contribution is -2.07. The van der Waals surface area contributed by atoms with Crippen molar-refractivity contribution in [1.82, 2.24) is 0 Å². The van der Waals surface area contributed by atoms with Gasteiger partial charge in [-0.2, -0.15) is 4.57 Å². The van der Waals surface area contributed by atoms with Crippen molar-refractivity contribution < 1.29 is 22.6 Å². The molecule has 0 saturated heterocycles. The third-order valence-corrected chi connectivity index (χ3v) is 4.80. The second-order valence-corrected chi connectivity index (χ2v) is 6.89. The van der Waals surface area contributed by atoms with Gasteiger partial charge in [0.05, 0.1) is 0 Å². The summed E-state index contributed by atoms with van der Waals surface area (Å²) in [6.45, 7) is 0. The van der Waals surface area contributed by atoms with Crippen molar-refractivity contribution in [2.45, 2.75) is 0 Å². The molecule has 0 amide bonds. The van der Waals surface area contributed by atoms with Crippen LogP contribution in [0.15, 0.2) is 95.4 Å². The van der Waals surface area contributed by atoms with E-state index in [1.54, 1.807) is 60.7 Å². The number of rotatable bonds is 6. The molecule has 4 rings (SSSR count). The van der Waals surface area contributed by atoms with Crippen molar-refractivity contribution in [3.8, 4) is 17.4 Å². The Bertz CT molecular complexity index is 965. The van der Waals surface area contributed by atoms with Crippen LogP contribution in [0, 0.1) is 0 Å². The Morgan fingerprint density at radius 2 is 1.19 bits per heavy atom. The lowest BCUT2D eigenvalue weighted by atomic mass is 10.3. The number of fused-ring (bicyclic) bond motifs is 1. The fraction of sp³-hybridized carbons (Fsp3) is 0. The summed E-state index contributed by atoms with van der Waals surface area (Å²) in [6, 6.07) is 26.4. The van der Waals surface area contributed by atoms with Gasteiger partial charge in [0.1, 0.15) is 17.1 Å². The van der Waals surface area contributed by atoms with E-state index in [2.05, 4.69) is 0 Å². The lowest BCUT2D eigenvalue weighted by Gasteiger charge is -2.17. The van der Waals surface area contributed by atoms with Crippen LogP contribution in [-0.2, 0) is 4.57 Å². The Balaban J connectivity index is 1.66. The molecule has 0 bridgehead atoms. The SMILES string of the molecule is O=P(Oc1ccccc1)(Oc1ccccc1)Oc1cc2ccccc2o1. The molecule has 5 nitrogen and oxygen atoms in total. The van der Waals surface area contributed by atoms with Crippen molar-refractivity contribution in [3.63, 3.8) is 0 Å². The summed E-state index contributed by atoms with van der Waals surface area (Å²) in [4.78, 5) is 0. The van der Waals surface area contributed by atoms with Crippen molar-refractivity contribution >= 4 is 18.8 Å². The Morgan fingerprint density at radius 3 is 1.77 bits per heavy atom. The van der Waals surface area contributed by atoms with Gasteiger partial charge in [0.25, 0.3) is 5.95 Å². The molecule has 0 aliphatic rings. The predicted octanol–water partition coefficient (Wildman–Crippen LogP) is 6.08. The molecule has 0 unspecified atom stereocenters. The van der Waals surface area contributed by atoms with Gasteiger partial charge in [-0.1, -0.05) is 54.6 Å². The molecule has 0 saturated carbocycles. The Hall–Kier alpha value is -3.17. The van der Waals surface area contributed by atoms with Crippen LogP contribution < -0.4 is 13.6 Å². The van der Waals surface area contributed by atoms with E-state index < -0.39 is 7.82 Å². The van der Waals surface area contributed by atoms with E-state index in [1.807, 2.05) is 30.3 Å². The number of furan rings is 1. The monoisotopic (exact) mass is 366 g/mol. The lowest BCUT2D eigenvalue weighted by molar-refractivity contribution is 0.272. The van der Waals surface area contributed by atoms with Gasteiger partial charge in [0, 0.05) is 11.5 Å². The van der Waals surface area contributed by atoms with Crippen LogP contribution in [0.2, 0.25) is 0 Å². The molecule has 3 aromatic carbocycles.